The summed E-state index contributed by atoms with van der Waals surface area (Å²) in [7, 11) is 1.75. The first-order valence-electron chi connectivity index (χ1n) is 6.35. The van der Waals surface area contributed by atoms with Gasteiger partial charge in [-0.1, -0.05) is 0 Å². The molecule has 21 heavy (non-hydrogen) atoms. The van der Waals surface area contributed by atoms with E-state index in [9.17, 15) is 14.7 Å². The van der Waals surface area contributed by atoms with Gasteiger partial charge in [-0.2, -0.15) is 0 Å². The van der Waals surface area contributed by atoms with E-state index in [4.69, 9.17) is 5.11 Å². The van der Waals surface area contributed by atoms with E-state index < -0.39 is 18.4 Å². The van der Waals surface area contributed by atoms with Crippen molar-refractivity contribution in [2.24, 2.45) is 7.05 Å². The summed E-state index contributed by atoms with van der Waals surface area (Å²) in [5.74, 6) is -1.46. The third kappa shape index (κ3) is 3.05. The molecule has 0 fully saturated rings. The van der Waals surface area contributed by atoms with Gasteiger partial charge in [0.25, 0.3) is 5.91 Å². The first-order valence-corrected chi connectivity index (χ1v) is 6.35. The zero-order chi connectivity index (χ0) is 15.6. The Labute approximate surface area is 121 Å². The minimum absolute atomic E-state index is 0.0520. The molecule has 0 aliphatic rings. The normalized spacial score (nSPS) is 10.4. The van der Waals surface area contributed by atoms with Gasteiger partial charge in [0.15, 0.2) is 0 Å². The predicted molar refractivity (Wildman–Crippen MR) is 77.6 cm³/mol. The van der Waals surface area contributed by atoms with Crippen molar-refractivity contribution in [3.63, 3.8) is 0 Å². The van der Waals surface area contributed by atoms with E-state index >= 15 is 0 Å². The first-order chi connectivity index (χ1) is 9.90. The van der Waals surface area contributed by atoms with Crippen LogP contribution in [0.3, 0.4) is 0 Å². The minimum atomic E-state index is -1.11. The predicted octanol–water partition coefficient (Wildman–Crippen LogP) is 1.77. The number of amides is 1. The molecule has 0 bridgehead atoms. The molecule has 0 aliphatic heterocycles. The summed E-state index contributed by atoms with van der Waals surface area (Å²) in [6.45, 7) is 1.41. The van der Waals surface area contributed by atoms with Crippen LogP contribution in [0.2, 0.25) is 0 Å². The van der Waals surface area contributed by atoms with E-state index in [0.717, 1.165) is 10.6 Å². The Bertz CT molecular complexity index is 673. The van der Waals surface area contributed by atoms with Crippen molar-refractivity contribution in [2.75, 3.05) is 11.4 Å². The summed E-state index contributed by atoms with van der Waals surface area (Å²) in [6, 6.07) is 9.29. The van der Waals surface area contributed by atoms with Gasteiger partial charge in [-0.25, -0.2) is 0 Å². The maximum absolute atomic E-state index is 12.6. The van der Waals surface area contributed by atoms with Gasteiger partial charge in [0.05, 0.1) is 0 Å². The Balaban J connectivity index is 2.40. The van der Waals surface area contributed by atoms with Crippen LogP contribution in [0.5, 0.6) is 5.75 Å². The van der Waals surface area contributed by atoms with Crippen LogP contribution < -0.4 is 4.90 Å². The van der Waals surface area contributed by atoms with Crippen LogP contribution in [0.4, 0.5) is 5.69 Å². The second-order valence-corrected chi connectivity index (χ2v) is 4.72. The van der Waals surface area contributed by atoms with E-state index in [2.05, 4.69) is 0 Å². The van der Waals surface area contributed by atoms with Gasteiger partial charge in [0.2, 0.25) is 0 Å². The van der Waals surface area contributed by atoms with Crippen molar-refractivity contribution in [1.29, 1.82) is 0 Å². The molecule has 2 rings (SSSR count). The van der Waals surface area contributed by atoms with Crippen LogP contribution in [0.1, 0.15) is 16.2 Å². The summed E-state index contributed by atoms with van der Waals surface area (Å²) in [6.07, 6.45) is 0. The van der Waals surface area contributed by atoms with Gasteiger partial charge in [0, 0.05) is 18.4 Å². The molecule has 2 N–H and O–H groups in total. The van der Waals surface area contributed by atoms with Crippen LogP contribution in [-0.4, -0.2) is 33.2 Å². The number of nitrogens with zero attached hydrogens (tertiary/aromatic N) is 2. The van der Waals surface area contributed by atoms with Crippen LogP contribution in [0.25, 0.3) is 0 Å². The zero-order valence-electron chi connectivity index (χ0n) is 11.8. The Morgan fingerprint density at radius 2 is 1.76 bits per heavy atom. The molecule has 6 nitrogen and oxygen atoms in total. The molecule has 6 heteroatoms. The van der Waals surface area contributed by atoms with Crippen LogP contribution in [-0.2, 0) is 11.8 Å². The fourth-order valence-corrected chi connectivity index (χ4v) is 2.01. The number of rotatable bonds is 4. The molecule has 0 spiro atoms. The highest BCUT2D eigenvalue weighted by Gasteiger charge is 2.22. The number of phenolic OH excluding ortho intramolecular Hbond substituents is 1. The van der Waals surface area contributed by atoms with Gasteiger partial charge in [-0.15, -0.1) is 0 Å². The molecule has 0 unspecified atom stereocenters. The number of aromatic nitrogens is 1. The van der Waals surface area contributed by atoms with E-state index in [1.807, 2.05) is 6.92 Å². The summed E-state index contributed by atoms with van der Waals surface area (Å²) in [4.78, 5) is 24.8. The number of aliphatic carboxylic acids is 1. The number of aromatic hydroxyl groups is 1. The van der Waals surface area contributed by atoms with E-state index in [1.165, 1.54) is 24.3 Å². The molecule has 1 aromatic carbocycles. The molecule has 0 radical (unpaired) electrons. The molecule has 0 saturated heterocycles. The first kappa shape index (κ1) is 14.6. The fourth-order valence-electron chi connectivity index (χ4n) is 2.01. The molecule has 0 atom stereocenters. The third-order valence-corrected chi connectivity index (χ3v) is 3.29. The fraction of sp³-hybridized carbons (Fsp3) is 0.200. The van der Waals surface area contributed by atoms with E-state index in [0.29, 0.717) is 11.4 Å². The number of carbonyl (C=O) groups excluding carboxylic acids is 1. The Kier molecular flexibility index (Phi) is 3.98. The number of benzene rings is 1. The average molecular weight is 288 g/mol. The van der Waals surface area contributed by atoms with Crippen LogP contribution >= 0.6 is 0 Å². The van der Waals surface area contributed by atoms with Crippen molar-refractivity contribution < 1.29 is 19.8 Å². The standard InChI is InChI=1S/C15H16N2O4/c1-10-3-8-13(16(10)2)15(21)17(9-14(19)20)11-4-6-12(18)7-5-11/h3-8,18H,9H2,1-2H3,(H,19,20). The third-order valence-electron chi connectivity index (χ3n) is 3.29. The Morgan fingerprint density at radius 3 is 2.24 bits per heavy atom. The summed E-state index contributed by atoms with van der Waals surface area (Å²) >= 11 is 0. The highest BCUT2D eigenvalue weighted by atomic mass is 16.4. The lowest BCUT2D eigenvalue weighted by Crippen LogP contribution is -2.36. The molecule has 1 heterocycles. The van der Waals surface area contributed by atoms with Crippen molar-refractivity contribution >= 4 is 17.6 Å². The van der Waals surface area contributed by atoms with Crippen LogP contribution in [0, 0.1) is 6.92 Å². The van der Waals surface area contributed by atoms with Gasteiger partial charge in [-0.3, -0.25) is 14.5 Å². The van der Waals surface area contributed by atoms with Gasteiger partial charge < -0.3 is 14.8 Å². The van der Waals surface area contributed by atoms with Crippen molar-refractivity contribution in [3.05, 3.63) is 47.8 Å². The monoisotopic (exact) mass is 288 g/mol. The van der Waals surface area contributed by atoms with Crippen molar-refractivity contribution in [2.45, 2.75) is 6.92 Å². The molecule has 110 valence electrons. The number of aryl methyl sites for hydroxylation is 1. The van der Waals surface area contributed by atoms with Gasteiger partial charge in [-0.05, 0) is 43.3 Å². The average Bonchev–Trinajstić information content (AvgIpc) is 2.77. The highest BCUT2D eigenvalue weighted by Crippen LogP contribution is 2.21. The Hall–Kier alpha value is -2.76. The number of anilines is 1. The molecule has 0 aliphatic carbocycles. The zero-order valence-corrected chi connectivity index (χ0v) is 11.8. The topological polar surface area (TPSA) is 82.8 Å². The highest BCUT2D eigenvalue weighted by molar-refractivity contribution is 6.07. The molecule has 2 aromatic rings. The minimum Gasteiger partial charge on any atom is -0.508 e. The smallest absolute Gasteiger partial charge is 0.323 e. The number of hydrogen-bond acceptors (Lipinski definition) is 3. The lowest BCUT2D eigenvalue weighted by molar-refractivity contribution is -0.135. The summed E-state index contributed by atoms with van der Waals surface area (Å²) in [5, 5.41) is 18.3. The van der Waals surface area contributed by atoms with E-state index in [-0.39, 0.29) is 5.75 Å². The second kappa shape index (κ2) is 5.70. The SMILES string of the molecule is Cc1ccc(C(=O)N(CC(=O)O)c2ccc(O)cc2)n1C. The summed E-state index contributed by atoms with van der Waals surface area (Å²) < 4.78 is 1.71. The molecule has 1 amide bonds. The van der Waals surface area contributed by atoms with E-state index in [1.54, 1.807) is 23.7 Å². The molecular formula is C15H16N2O4. The second-order valence-electron chi connectivity index (χ2n) is 4.72. The number of carboxylic acids is 1. The maximum Gasteiger partial charge on any atom is 0.323 e. The molecule has 0 saturated carbocycles. The van der Waals surface area contributed by atoms with Crippen molar-refractivity contribution in [1.82, 2.24) is 4.57 Å². The molecule has 1 aromatic heterocycles. The number of phenols is 1. The number of carboxylic acid groups (broad SMARTS) is 1. The lowest BCUT2D eigenvalue weighted by Gasteiger charge is -2.21. The maximum atomic E-state index is 12.6. The lowest BCUT2D eigenvalue weighted by atomic mass is 10.2. The van der Waals surface area contributed by atoms with Gasteiger partial charge in [0.1, 0.15) is 18.0 Å². The number of carbonyl (C=O) groups is 2. The quantitative estimate of drug-likeness (QED) is 0.898. The molecular weight excluding hydrogens is 272 g/mol. The van der Waals surface area contributed by atoms with Crippen LogP contribution in [0.15, 0.2) is 36.4 Å². The Morgan fingerprint density at radius 1 is 1.14 bits per heavy atom. The van der Waals surface area contributed by atoms with Crippen molar-refractivity contribution in [3.8, 4) is 5.75 Å². The van der Waals surface area contributed by atoms with Gasteiger partial charge >= 0.3 is 5.97 Å². The largest absolute Gasteiger partial charge is 0.508 e. The summed E-state index contributed by atoms with van der Waals surface area (Å²) in [5.41, 5.74) is 1.72. The number of hydrogen-bond donors (Lipinski definition) is 2.